The van der Waals surface area contributed by atoms with Crippen molar-refractivity contribution in [1.29, 1.82) is 5.26 Å². The van der Waals surface area contributed by atoms with Gasteiger partial charge in [0.05, 0.1) is 11.5 Å². The van der Waals surface area contributed by atoms with E-state index in [1.165, 1.54) is 11.3 Å². The molecule has 3 rings (SSSR count). The molecule has 5 heteroatoms. The summed E-state index contributed by atoms with van der Waals surface area (Å²) in [6.07, 6.45) is 0. The molecule has 4 nitrogen and oxygen atoms in total. The molecule has 0 bridgehead atoms. The van der Waals surface area contributed by atoms with E-state index >= 15 is 0 Å². The van der Waals surface area contributed by atoms with Gasteiger partial charge in [-0.15, -0.1) is 10.2 Å². The Kier molecular flexibility index (Phi) is 4.59. The highest BCUT2D eigenvalue weighted by Gasteiger charge is 2.22. The van der Waals surface area contributed by atoms with E-state index in [2.05, 4.69) is 16.3 Å². The predicted molar refractivity (Wildman–Crippen MR) is 94.8 cm³/mol. The lowest BCUT2D eigenvalue weighted by molar-refractivity contribution is 0.303. The lowest BCUT2D eigenvalue weighted by Crippen LogP contribution is -2.17. The van der Waals surface area contributed by atoms with Gasteiger partial charge in [-0.2, -0.15) is 5.26 Å². The highest BCUT2D eigenvalue weighted by molar-refractivity contribution is 7.12. The van der Waals surface area contributed by atoms with Gasteiger partial charge in [-0.25, -0.2) is 0 Å². The Hall–Kier alpha value is -2.71. The molecule has 1 heterocycles. The molecule has 0 unspecified atom stereocenters. The third-order valence-corrected chi connectivity index (χ3v) is 4.57. The van der Waals surface area contributed by atoms with Gasteiger partial charge in [0.25, 0.3) is 0 Å². The van der Waals surface area contributed by atoms with Crippen molar-refractivity contribution in [2.75, 3.05) is 0 Å². The number of hydrogen-bond acceptors (Lipinski definition) is 5. The molecule has 0 fully saturated rings. The average molecular weight is 335 g/mol. The first-order valence-corrected chi connectivity index (χ1v) is 8.47. The molecule has 24 heavy (non-hydrogen) atoms. The number of nitriles is 1. The fourth-order valence-electron chi connectivity index (χ4n) is 2.47. The van der Waals surface area contributed by atoms with Crippen LogP contribution in [0.2, 0.25) is 0 Å². The van der Waals surface area contributed by atoms with E-state index in [0.29, 0.717) is 6.61 Å². The zero-order valence-corrected chi connectivity index (χ0v) is 14.4. The molecule has 0 aliphatic rings. The molecule has 0 spiro atoms. The number of ether oxygens (including phenoxy) is 1. The maximum atomic E-state index is 9.38. The van der Waals surface area contributed by atoms with Crippen LogP contribution in [0.3, 0.4) is 0 Å². The zero-order valence-electron chi connectivity index (χ0n) is 13.6. The molecule has 0 saturated carbocycles. The van der Waals surface area contributed by atoms with Crippen LogP contribution < -0.4 is 4.74 Å². The molecule has 120 valence electrons. The summed E-state index contributed by atoms with van der Waals surface area (Å²) in [6, 6.07) is 18.1. The molecule has 0 saturated heterocycles. The Morgan fingerprint density at radius 1 is 1.12 bits per heavy atom. The first-order chi connectivity index (χ1) is 11.6. The maximum Gasteiger partial charge on any atom is 0.147 e. The summed E-state index contributed by atoms with van der Waals surface area (Å²) in [5.74, 6) is 0.785. The molecule has 0 aliphatic heterocycles. The van der Waals surface area contributed by atoms with E-state index in [1.807, 2.05) is 62.4 Å². The van der Waals surface area contributed by atoms with E-state index in [9.17, 15) is 5.26 Å². The molecule has 2 aromatic carbocycles. The van der Waals surface area contributed by atoms with E-state index in [0.717, 1.165) is 27.4 Å². The number of hydrogen-bond donors (Lipinski definition) is 0. The minimum absolute atomic E-state index is 0.430. The summed E-state index contributed by atoms with van der Waals surface area (Å²) in [7, 11) is 0. The number of benzene rings is 2. The van der Waals surface area contributed by atoms with Crippen molar-refractivity contribution in [3.05, 3.63) is 65.2 Å². The van der Waals surface area contributed by atoms with Crippen LogP contribution in [-0.4, -0.2) is 10.2 Å². The van der Waals surface area contributed by atoms with E-state index in [4.69, 9.17) is 4.74 Å². The van der Waals surface area contributed by atoms with Crippen molar-refractivity contribution in [3.63, 3.8) is 0 Å². The van der Waals surface area contributed by atoms with Gasteiger partial charge in [0, 0.05) is 5.56 Å². The van der Waals surface area contributed by atoms with E-state index in [-0.39, 0.29) is 0 Å². The number of nitrogens with zero attached hydrogens (tertiary/aromatic N) is 3. The minimum Gasteiger partial charge on any atom is -0.489 e. The Morgan fingerprint density at radius 2 is 1.88 bits per heavy atom. The lowest BCUT2D eigenvalue weighted by Gasteiger charge is -2.20. The summed E-state index contributed by atoms with van der Waals surface area (Å²) >= 11 is 1.51. The zero-order chi connectivity index (χ0) is 17.0. The maximum absolute atomic E-state index is 9.38. The summed E-state index contributed by atoms with van der Waals surface area (Å²) < 4.78 is 5.90. The average Bonchev–Trinajstić information content (AvgIpc) is 3.15. The van der Waals surface area contributed by atoms with Crippen LogP contribution in [0.15, 0.2) is 54.0 Å². The summed E-state index contributed by atoms with van der Waals surface area (Å²) in [5.41, 5.74) is 4.22. The third-order valence-electron chi connectivity index (χ3n) is 3.83. The Balaban J connectivity index is 1.74. The molecular formula is C19H17N3OS. The van der Waals surface area contributed by atoms with Crippen molar-refractivity contribution in [2.45, 2.75) is 25.9 Å². The second-order valence-electron chi connectivity index (χ2n) is 5.95. The topological polar surface area (TPSA) is 58.8 Å². The van der Waals surface area contributed by atoms with Crippen molar-refractivity contribution >= 4 is 11.3 Å². The second-order valence-corrected chi connectivity index (χ2v) is 6.78. The third kappa shape index (κ3) is 3.44. The monoisotopic (exact) mass is 335 g/mol. The molecular weight excluding hydrogens is 318 g/mol. The fraction of sp³-hybridized carbons (Fsp3) is 0.211. The predicted octanol–water partition coefficient (Wildman–Crippen LogP) is 4.59. The Bertz CT molecular complexity index is 849. The highest BCUT2D eigenvalue weighted by Crippen LogP contribution is 2.27. The molecule has 0 atom stereocenters. The molecule has 0 amide bonds. The Morgan fingerprint density at radius 3 is 2.54 bits per heavy atom. The van der Waals surface area contributed by atoms with Crippen molar-refractivity contribution < 1.29 is 4.74 Å². The normalized spacial score (nSPS) is 11.0. The second kappa shape index (κ2) is 6.81. The summed E-state index contributed by atoms with van der Waals surface area (Å²) in [4.78, 5) is 0. The van der Waals surface area contributed by atoms with Crippen LogP contribution in [0.25, 0.3) is 10.6 Å². The van der Waals surface area contributed by atoms with Gasteiger partial charge in [0.1, 0.15) is 22.9 Å². The smallest absolute Gasteiger partial charge is 0.147 e. The fourth-order valence-corrected chi connectivity index (χ4v) is 3.03. The van der Waals surface area contributed by atoms with Crippen molar-refractivity contribution in [1.82, 2.24) is 10.2 Å². The minimum atomic E-state index is -0.540. The molecule has 3 aromatic rings. The summed E-state index contributed by atoms with van der Waals surface area (Å²) in [5, 5.41) is 18.2. The molecule has 0 aliphatic carbocycles. The van der Waals surface area contributed by atoms with Crippen molar-refractivity contribution in [2.24, 2.45) is 0 Å². The molecule has 1 aromatic heterocycles. The quantitative estimate of drug-likeness (QED) is 0.684. The van der Waals surface area contributed by atoms with Crippen LogP contribution in [0.1, 0.15) is 25.0 Å². The van der Waals surface area contributed by atoms with Crippen LogP contribution in [0.5, 0.6) is 5.75 Å². The Labute approximate surface area is 145 Å². The lowest BCUT2D eigenvalue weighted by atomic mass is 9.83. The van der Waals surface area contributed by atoms with Crippen LogP contribution in [-0.2, 0) is 12.0 Å². The molecule has 0 radical (unpaired) electrons. The van der Waals surface area contributed by atoms with Crippen molar-refractivity contribution in [3.8, 4) is 22.4 Å². The SMILES string of the molecule is CC(C)(C#N)c1ccccc1COc1ccc(-c2nncs2)cc1. The number of rotatable bonds is 5. The van der Waals surface area contributed by atoms with Gasteiger partial charge in [0.2, 0.25) is 0 Å². The first-order valence-electron chi connectivity index (χ1n) is 7.59. The number of aromatic nitrogens is 2. The largest absolute Gasteiger partial charge is 0.489 e. The van der Waals surface area contributed by atoms with Gasteiger partial charge in [-0.3, -0.25) is 0 Å². The first kappa shape index (κ1) is 16.2. The van der Waals surface area contributed by atoms with Gasteiger partial charge < -0.3 is 4.74 Å². The molecule has 0 N–H and O–H groups in total. The highest BCUT2D eigenvalue weighted by atomic mass is 32.1. The van der Waals surface area contributed by atoms with Crippen LogP contribution >= 0.6 is 11.3 Å². The van der Waals surface area contributed by atoms with Gasteiger partial charge in [-0.05, 0) is 49.2 Å². The van der Waals surface area contributed by atoms with Crippen LogP contribution in [0, 0.1) is 11.3 Å². The van der Waals surface area contributed by atoms with Gasteiger partial charge >= 0.3 is 0 Å². The van der Waals surface area contributed by atoms with E-state index < -0.39 is 5.41 Å². The van der Waals surface area contributed by atoms with Gasteiger partial charge in [0.15, 0.2) is 0 Å². The van der Waals surface area contributed by atoms with Crippen LogP contribution in [0.4, 0.5) is 0 Å². The van der Waals surface area contributed by atoms with E-state index in [1.54, 1.807) is 5.51 Å². The summed E-state index contributed by atoms with van der Waals surface area (Å²) in [6.45, 7) is 4.27. The standard InChI is InChI=1S/C19H17N3OS/c1-19(2,12-20)17-6-4-3-5-15(17)11-23-16-9-7-14(8-10-16)18-22-21-13-24-18/h3-10,13H,11H2,1-2H3. The van der Waals surface area contributed by atoms with Gasteiger partial charge in [-0.1, -0.05) is 35.6 Å².